The van der Waals surface area contributed by atoms with Gasteiger partial charge in [0.15, 0.2) is 0 Å². The minimum absolute atomic E-state index is 0.0215. The fourth-order valence-corrected chi connectivity index (χ4v) is 5.86. The number of hydrogen-bond donors (Lipinski definition) is 2. The van der Waals surface area contributed by atoms with Crippen LogP contribution in [0.5, 0.6) is 23.1 Å². The fourth-order valence-electron chi connectivity index (χ4n) is 5.86. The third-order valence-electron chi connectivity index (χ3n) is 8.80. The molecule has 1 aliphatic heterocycles. The van der Waals surface area contributed by atoms with Crippen LogP contribution in [0, 0.1) is 0 Å². The molecule has 0 unspecified atom stereocenters. The van der Waals surface area contributed by atoms with Crippen LogP contribution in [0.2, 0.25) is 0 Å². The average Bonchev–Trinajstić information content (AvgIpc) is 3.52. The maximum Gasteiger partial charge on any atom is 0.573 e. The predicted octanol–water partition coefficient (Wildman–Crippen LogP) is 6.22. The number of pyridine rings is 1. The molecule has 3 heterocycles. The van der Waals surface area contributed by atoms with Crippen molar-refractivity contribution in [2.45, 2.75) is 12.9 Å². The number of ether oxygens (including phenoxy) is 3. The van der Waals surface area contributed by atoms with Gasteiger partial charge in [-0.1, -0.05) is 12.1 Å². The minimum Gasteiger partial charge on any atom is -0.497 e. The van der Waals surface area contributed by atoms with Gasteiger partial charge in [-0.2, -0.15) is 0 Å². The number of alkyl halides is 3. The average molecular weight is 790 g/mol. The van der Waals surface area contributed by atoms with Gasteiger partial charge >= 0.3 is 18.3 Å². The number of fused-ring (bicyclic) bond motifs is 1. The van der Waals surface area contributed by atoms with Gasteiger partial charge < -0.3 is 38.8 Å². The lowest BCUT2D eigenvalue weighted by atomic mass is 10.2. The van der Waals surface area contributed by atoms with E-state index in [0.29, 0.717) is 42.4 Å². The van der Waals surface area contributed by atoms with E-state index < -0.39 is 30.0 Å². The van der Waals surface area contributed by atoms with Crippen molar-refractivity contribution in [2.75, 3.05) is 45.2 Å². The number of hydrogen-bond acceptors (Lipinski definition) is 9. The molecule has 0 bridgehead atoms. The number of benzene rings is 3. The summed E-state index contributed by atoms with van der Waals surface area (Å²) in [5.41, 5.74) is 3.31. The van der Waals surface area contributed by atoms with Crippen LogP contribution in [0.15, 0.2) is 103 Å². The second kappa shape index (κ2) is 18.2. The molecule has 17 heteroatoms. The second-order valence-electron chi connectivity index (χ2n) is 12.6. The highest BCUT2D eigenvalue weighted by molar-refractivity contribution is 6.05. The highest BCUT2D eigenvalue weighted by atomic mass is 19.4. The van der Waals surface area contributed by atoms with E-state index in [2.05, 4.69) is 26.8 Å². The molecule has 1 fully saturated rings. The van der Waals surface area contributed by atoms with E-state index in [1.807, 2.05) is 46.8 Å². The summed E-state index contributed by atoms with van der Waals surface area (Å²) in [6.07, 6.45) is -2.24. The molecule has 57 heavy (non-hydrogen) atoms. The van der Waals surface area contributed by atoms with Gasteiger partial charge in [0.25, 0.3) is 11.8 Å². The summed E-state index contributed by atoms with van der Waals surface area (Å²) in [7, 11) is 5.06. The maximum absolute atomic E-state index is 13.5. The summed E-state index contributed by atoms with van der Waals surface area (Å²) in [5.74, 6) is -1.75. The molecular formula is C40H38F3N5O9. The first-order chi connectivity index (χ1) is 27.1. The Morgan fingerprint density at radius 1 is 0.825 bits per heavy atom. The van der Waals surface area contributed by atoms with Crippen LogP contribution < -0.4 is 19.1 Å². The Balaban J connectivity index is 0.000000701. The van der Waals surface area contributed by atoms with Crippen LogP contribution in [0.3, 0.4) is 0 Å². The molecule has 1 saturated heterocycles. The molecule has 5 aromatic rings. The van der Waals surface area contributed by atoms with Crippen LogP contribution in [0.4, 0.5) is 18.9 Å². The number of piperazine rings is 1. The zero-order chi connectivity index (χ0) is 41.3. The second-order valence-corrected chi connectivity index (χ2v) is 12.6. The van der Waals surface area contributed by atoms with Crippen molar-refractivity contribution in [1.29, 1.82) is 0 Å². The van der Waals surface area contributed by atoms with Gasteiger partial charge in [-0.3, -0.25) is 14.5 Å². The lowest BCUT2D eigenvalue weighted by Gasteiger charge is -2.34. The fraction of sp³-hybridized carbons (Fsp3) is 0.225. The van der Waals surface area contributed by atoms with Crippen molar-refractivity contribution in [1.82, 2.24) is 19.4 Å². The molecule has 0 aliphatic carbocycles. The number of nitrogens with zero attached hydrogens (tertiary/aromatic N) is 5. The summed E-state index contributed by atoms with van der Waals surface area (Å²) in [6.45, 7) is 3.65. The number of aromatic nitrogens is 2. The van der Waals surface area contributed by atoms with Crippen LogP contribution in [0.1, 0.15) is 26.4 Å². The van der Waals surface area contributed by atoms with Crippen molar-refractivity contribution in [2.24, 2.45) is 7.05 Å². The normalized spacial score (nSPS) is 13.1. The van der Waals surface area contributed by atoms with Gasteiger partial charge in [0.05, 0.1) is 19.0 Å². The first kappa shape index (κ1) is 41.3. The summed E-state index contributed by atoms with van der Waals surface area (Å²) in [6, 6.07) is 23.4. The zero-order valence-corrected chi connectivity index (χ0v) is 31.0. The molecule has 1 aliphatic rings. The molecule has 0 saturated carbocycles. The number of amides is 2. The number of carbonyl (C=O) groups excluding carboxylic acids is 2. The van der Waals surface area contributed by atoms with Gasteiger partial charge in [-0.25, -0.2) is 14.6 Å². The Hall–Kier alpha value is -6.88. The number of anilines is 1. The molecule has 298 valence electrons. The highest BCUT2D eigenvalue weighted by Crippen LogP contribution is 2.29. The molecule has 3 aromatic carbocycles. The number of carbonyl (C=O) groups is 4. The molecule has 6 rings (SSSR count). The Morgan fingerprint density at radius 2 is 1.44 bits per heavy atom. The van der Waals surface area contributed by atoms with E-state index in [4.69, 9.17) is 19.7 Å². The van der Waals surface area contributed by atoms with Gasteiger partial charge in [-0.15, -0.1) is 13.2 Å². The number of carboxylic acids is 2. The number of halogens is 3. The van der Waals surface area contributed by atoms with E-state index in [1.165, 1.54) is 35.8 Å². The lowest BCUT2D eigenvalue weighted by Crippen LogP contribution is -2.48. The molecule has 0 radical (unpaired) electrons. The van der Waals surface area contributed by atoms with E-state index >= 15 is 0 Å². The third-order valence-corrected chi connectivity index (χ3v) is 8.80. The Bertz CT molecular complexity index is 2220. The van der Waals surface area contributed by atoms with E-state index in [-0.39, 0.29) is 17.4 Å². The summed E-state index contributed by atoms with van der Waals surface area (Å²) >= 11 is 0. The summed E-state index contributed by atoms with van der Waals surface area (Å²) in [5, 5.41) is 16.5. The highest BCUT2D eigenvalue weighted by Gasteiger charge is 2.31. The van der Waals surface area contributed by atoms with Gasteiger partial charge in [0, 0.05) is 81.5 Å². The van der Waals surface area contributed by atoms with E-state index in [0.717, 1.165) is 48.4 Å². The minimum atomic E-state index is -4.82. The SMILES string of the molecule is COc1ccc(CN2CCN(C(=O)c3cc4cc(Oc5ccc(N(C)C(=O)c6ccc(OC(F)(F)F)cc6)cn5)ccc4n3C)CC2)cc1.O=C(O)/C=C\C(=O)O. The van der Waals surface area contributed by atoms with Gasteiger partial charge in [-0.05, 0) is 72.3 Å². The van der Waals surface area contributed by atoms with Gasteiger partial charge in [0.1, 0.15) is 22.9 Å². The van der Waals surface area contributed by atoms with Crippen LogP contribution >= 0.6 is 0 Å². The number of aliphatic carboxylic acids is 2. The smallest absolute Gasteiger partial charge is 0.497 e. The van der Waals surface area contributed by atoms with Crippen molar-refractivity contribution in [3.05, 3.63) is 120 Å². The molecule has 0 spiro atoms. The van der Waals surface area contributed by atoms with Crippen LogP contribution in [-0.2, 0) is 23.2 Å². The number of aryl methyl sites for hydroxylation is 1. The topological polar surface area (TPSA) is 164 Å². The molecule has 2 N–H and O–H groups in total. The Kier molecular flexibility index (Phi) is 13.2. The predicted molar refractivity (Wildman–Crippen MR) is 202 cm³/mol. The Morgan fingerprint density at radius 3 is 2.00 bits per heavy atom. The third kappa shape index (κ3) is 11.3. The lowest BCUT2D eigenvalue weighted by molar-refractivity contribution is -0.274. The van der Waals surface area contributed by atoms with E-state index in [9.17, 15) is 32.3 Å². The standard InChI is InChI=1S/C36H34F3N5O5.C4H4O4/c1-41(34(45)25-6-11-29(12-7-25)49-36(37,38)39)27-8-15-33(40-22-27)48-30-13-14-31-26(20-30)21-32(42(31)2)35(46)44-18-16-43(17-19-44)23-24-4-9-28(47-3)10-5-24;5-3(6)1-2-4(7)8/h4-15,20-22H,16-19,23H2,1-3H3;1-2H,(H,5,6)(H,7,8)/b;2-1-. The summed E-state index contributed by atoms with van der Waals surface area (Å²) < 4.78 is 54.3. The van der Waals surface area contributed by atoms with Gasteiger partial charge in [0.2, 0.25) is 5.88 Å². The van der Waals surface area contributed by atoms with Crippen LogP contribution in [-0.4, -0.2) is 100 Å². The monoisotopic (exact) mass is 789 g/mol. The molecule has 0 atom stereocenters. The van der Waals surface area contributed by atoms with Crippen molar-refractivity contribution >= 4 is 40.3 Å². The molecule has 2 amide bonds. The van der Waals surface area contributed by atoms with Crippen LogP contribution in [0.25, 0.3) is 10.9 Å². The van der Waals surface area contributed by atoms with E-state index in [1.54, 1.807) is 25.3 Å². The number of rotatable bonds is 11. The largest absolute Gasteiger partial charge is 0.573 e. The molecule has 2 aromatic heterocycles. The molecular weight excluding hydrogens is 751 g/mol. The van der Waals surface area contributed by atoms with Crippen molar-refractivity contribution in [3.8, 4) is 23.1 Å². The number of methoxy groups -OCH3 is 1. The first-order valence-corrected chi connectivity index (χ1v) is 17.3. The van der Waals surface area contributed by atoms with Crippen molar-refractivity contribution < 1.29 is 56.8 Å². The molecule has 14 nitrogen and oxygen atoms in total. The number of carboxylic acid groups (broad SMARTS) is 2. The maximum atomic E-state index is 13.5. The Labute approximate surface area is 324 Å². The quantitative estimate of drug-likeness (QED) is 0.146. The first-order valence-electron chi connectivity index (χ1n) is 17.3. The zero-order valence-electron chi connectivity index (χ0n) is 31.0. The summed E-state index contributed by atoms with van der Waals surface area (Å²) in [4.78, 5) is 55.4. The van der Waals surface area contributed by atoms with Crippen molar-refractivity contribution in [3.63, 3.8) is 0 Å².